The zero-order valence-corrected chi connectivity index (χ0v) is 16.5. The van der Waals surface area contributed by atoms with Crippen molar-refractivity contribution in [1.29, 1.82) is 0 Å². The summed E-state index contributed by atoms with van der Waals surface area (Å²) in [6.07, 6.45) is 1.55. The Kier molecular flexibility index (Phi) is 4.76. The average molecular weight is 440 g/mol. The molecular formula is C21H14BrNO3S. The van der Waals surface area contributed by atoms with E-state index in [9.17, 15) is 14.7 Å². The molecule has 1 saturated heterocycles. The minimum absolute atomic E-state index is 0.0547. The van der Waals surface area contributed by atoms with E-state index in [2.05, 4.69) is 15.9 Å². The normalized spacial score (nSPS) is 15.9. The highest BCUT2D eigenvalue weighted by molar-refractivity contribution is 9.10. The molecule has 1 heterocycles. The fourth-order valence-corrected chi connectivity index (χ4v) is 4.23. The Morgan fingerprint density at radius 1 is 1.04 bits per heavy atom. The monoisotopic (exact) mass is 439 g/mol. The van der Waals surface area contributed by atoms with Gasteiger partial charge in [0.05, 0.1) is 11.4 Å². The van der Waals surface area contributed by atoms with Gasteiger partial charge in [-0.05, 0) is 52.4 Å². The molecule has 0 atom stereocenters. The third kappa shape index (κ3) is 3.50. The van der Waals surface area contributed by atoms with E-state index in [0.29, 0.717) is 10.5 Å². The summed E-state index contributed by atoms with van der Waals surface area (Å²) < 4.78 is 0.779. The molecule has 4 rings (SSSR count). The van der Waals surface area contributed by atoms with Crippen molar-refractivity contribution in [3.63, 3.8) is 0 Å². The molecule has 3 aromatic carbocycles. The number of hydrogen-bond donors (Lipinski definition) is 1. The van der Waals surface area contributed by atoms with Crippen LogP contribution < -0.4 is 0 Å². The summed E-state index contributed by atoms with van der Waals surface area (Å²) in [7, 11) is 0. The van der Waals surface area contributed by atoms with Gasteiger partial charge in [0.15, 0.2) is 0 Å². The number of carbonyl (C=O) groups is 2. The number of nitrogens with zero attached hydrogens (tertiary/aromatic N) is 1. The first-order chi connectivity index (χ1) is 13.0. The molecule has 1 aliphatic heterocycles. The second kappa shape index (κ2) is 7.21. The van der Waals surface area contributed by atoms with E-state index in [1.165, 1.54) is 11.0 Å². The molecule has 1 N–H and O–H groups in total. The standard InChI is InChI=1S/C21H14BrNO3S/c22-16-8-9-18(24)15(10-16)11-19-20(25)23(21(26)27-19)12-14-6-3-5-13-4-1-2-7-17(13)14/h1-11,24H,12H2/b19-11-. The third-order valence-corrected chi connectivity index (χ3v) is 5.76. The fraction of sp³-hybridized carbons (Fsp3) is 0.0476. The summed E-state index contributed by atoms with van der Waals surface area (Å²) >= 11 is 4.23. The topological polar surface area (TPSA) is 57.6 Å². The van der Waals surface area contributed by atoms with E-state index in [1.54, 1.807) is 18.2 Å². The third-order valence-electron chi connectivity index (χ3n) is 4.36. The summed E-state index contributed by atoms with van der Waals surface area (Å²) in [5.41, 5.74) is 1.40. The lowest BCUT2D eigenvalue weighted by atomic mass is 10.0. The van der Waals surface area contributed by atoms with Crippen molar-refractivity contribution in [3.05, 3.63) is 81.2 Å². The van der Waals surface area contributed by atoms with Crippen LogP contribution in [-0.2, 0) is 11.3 Å². The van der Waals surface area contributed by atoms with Crippen molar-refractivity contribution in [1.82, 2.24) is 4.90 Å². The Hall–Kier alpha value is -2.57. The van der Waals surface area contributed by atoms with Gasteiger partial charge >= 0.3 is 0 Å². The molecule has 2 amide bonds. The zero-order chi connectivity index (χ0) is 19.0. The molecular weight excluding hydrogens is 426 g/mol. The number of amides is 2. The molecule has 6 heteroatoms. The number of fused-ring (bicyclic) bond motifs is 1. The van der Waals surface area contributed by atoms with Gasteiger partial charge in [-0.1, -0.05) is 58.4 Å². The van der Waals surface area contributed by atoms with Crippen LogP contribution in [0, 0.1) is 0 Å². The number of phenols is 1. The van der Waals surface area contributed by atoms with E-state index < -0.39 is 0 Å². The molecule has 134 valence electrons. The first-order valence-corrected chi connectivity index (χ1v) is 9.84. The summed E-state index contributed by atoms with van der Waals surface area (Å²) in [5, 5.41) is 11.8. The summed E-state index contributed by atoms with van der Waals surface area (Å²) in [4.78, 5) is 26.8. The van der Waals surface area contributed by atoms with E-state index >= 15 is 0 Å². The van der Waals surface area contributed by atoms with Crippen LogP contribution in [0.15, 0.2) is 70.0 Å². The highest BCUT2D eigenvalue weighted by Gasteiger charge is 2.35. The summed E-state index contributed by atoms with van der Waals surface area (Å²) in [6, 6.07) is 18.7. The van der Waals surface area contributed by atoms with E-state index in [1.807, 2.05) is 42.5 Å². The molecule has 4 nitrogen and oxygen atoms in total. The largest absolute Gasteiger partial charge is 0.507 e. The Balaban J connectivity index is 1.65. The second-order valence-corrected chi connectivity index (χ2v) is 8.02. The van der Waals surface area contributed by atoms with Crippen molar-refractivity contribution in [2.75, 3.05) is 0 Å². The summed E-state index contributed by atoms with van der Waals surface area (Å²) in [6.45, 7) is 0.216. The van der Waals surface area contributed by atoms with Crippen LogP contribution in [0.4, 0.5) is 4.79 Å². The van der Waals surface area contributed by atoms with Crippen LogP contribution in [0.1, 0.15) is 11.1 Å². The van der Waals surface area contributed by atoms with E-state index in [-0.39, 0.29) is 23.4 Å². The van der Waals surface area contributed by atoms with Gasteiger partial charge < -0.3 is 5.11 Å². The predicted molar refractivity (Wildman–Crippen MR) is 111 cm³/mol. The SMILES string of the molecule is O=C1S/C(=C\c2cc(Br)ccc2O)C(=O)N1Cc1cccc2ccccc12. The number of aromatic hydroxyl groups is 1. The molecule has 1 aliphatic rings. The van der Waals surface area contributed by atoms with Gasteiger partial charge in [-0.2, -0.15) is 0 Å². The smallest absolute Gasteiger partial charge is 0.293 e. The van der Waals surface area contributed by atoms with Gasteiger partial charge in [-0.25, -0.2) is 0 Å². The maximum absolute atomic E-state index is 12.8. The van der Waals surface area contributed by atoms with Crippen LogP contribution in [-0.4, -0.2) is 21.2 Å². The highest BCUT2D eigenvalue weighted by atomic mass is 79.9. The van der Waals surface area contributed by atoms with Crippen molar-refractivity contribution in [2.45, 2.75) is 6.54 Å². The van der Waals surface area contributed by atoms with Crippen LogP contribution in [0.3, 0.4) is 0 Å². The lowest BCUT2D eigenvalue weighted by Gasteiger charge is -2.14. The maximum atomic E-state index is 12.8. The molecule has 0 spiro atoms. The molecule has 27 heavy (non-hydrogen) atoms. The quantitative estimate of drug-likeness (QED) is 0.543. The fourth-order valence-electron chi connectivity index (χ4n) is 3.02. The molecule has 0 unspecified atom stereocenters. The molecule has 0 saturated carbocycles. The number of carbonyl (C=O) groups excluding carboxylic acids is 2. The molecule has 1 fully saturated rings. The Morgan fingerprint density at radius 2 is 1.81 bits per heavy atom. The average Bonchev–Trinajstić information content (AvgIpc) is 2.92. The zero-order valence-electron chi connectivity index (χ0n) is 14.1. The maximum Gasteiger partial charge on any atom is 0.293 e. The van der Waals surface area contributed by atoms with Crippen molar-refractivity contribution in [2.24, 2.45) is 0 Å². The molecule has 3 aromatic rings. The van der Waals surface area contributed by atoms with Crippen LogP contribution in [0.2, 0.25) is 0 Å². The van der Waals surface area contributed by atoms with Gasteiger partial charge in [0.1, 0.15) is 5.75 Å². The minimum atomic E-state index is -0.350. The molecule has 0 aromatic heterocycles. The highest BCUT2D eigenvalue weighted by Crippen LogP contribution is 2.36. The molecule has 0 aliphatic carbocycles. The van der Waals surface area contributed by atoms with Crippen molar-refractivity contribution < 1.29 is 14.7 Å². The Bertz CT molecular complexity index is 1100. The van der Waals surface area contributed by atoms with Crippen molar-refractivity contribution >= 4 is 55.7 Å². The summed E-state index contributed by atoms with van der Waals surface area (Å²) in [5.74, 6) is -0.295. The molecule has 0 radical (unpaired) electrons. The van der Waals surface area contributed by atoms with E-state index in [4.69, 9.17) is 0 Å². The van der Waals surface area contributed by atoms with Crippen molar-refractivity contribution in [3.8, 4) is 5.75 Å². The van der Waals surface area contributed by atoms with Gasteiger partial charge in [-0.3, -0.25) is 14.5 Å². The number of halogens is 1. The first kappa shape index (κ1) is 17.8. The van der Waals surface area contributed by atoms with Crippen LogP contribution in [0.5, 0.6) is 5.75 Å². The van der Waals surface area contributed by atoms with Gasteiger partial charge in [0.25, 0.3) is 11.1 Å². The van der Waals surface area contributed by atoms with Gasteiger partial charge in [0, 0.05) is 10.0 Å². The lowest BCUT2D eigenvalue weighted by Crippen LogP contribution is -2.27. The van der Waals surface area contributed by atoms with Gasteiger partial charge in [0.2, 0.25) is 0 Å². The Labute approximate surface area is 168 Å². The Morgan fingerprint density at radius 3 is 2.67 bits per heavy atom. The van der Waals surface area contributed by atoms with E-state index in [0.717, 1.165) is 32.6 Å². The number of hydrogen-bond acceptors (Lipinski definition) is 4. The second-order valence-electron chi connectivity index (χ2n) is 6.11. The van der Waals surface area contributed by atoms with Crippen LogP contribution in [0.25, 0.3) is 16.8 Å². The predicted octanol–water partition coefficient (Wildman–Crippen LogP) is 5.54. The number of benzene rings is 3. The lowest BCUT2D eigenvalue weighted by molar-refractivity contribution is -0.123. The number of phenolic OH excluding ortho intramolecular Hbond substituents is 1. The first-order valence-electron chi connectivity index (χ1n) is 8.23. The molecule has 0 bridgehead atoms. The number of rotatable bonds is 3. The van der Waals surface area contributed by atoms with Gasteiger partial charge in [-0.15, -0.1) is 0 Å². The minimum Gasteiger partial charge on any atom is -0.507 e. The number of imide groups is 1. The number of thioether (sulfide) groups is 1. The van der Waals surface area contributed by atoms with Crippen LogP contribution >= 0.6 is 27.7 Å².